The molecule has 0 saturated heterocycles. The number of anilines is 3. The summed E-state index contributed by atoms with van der Waals surface area (Å²) in [5.74, 6) is 0. The van der Waals surface area contributed by atoms with E-state index in [2.05, 4.69) is 193 Å². The minimum Gasteiger partial charge on any atom is -0.313 e. The van der Waals surface area contributed by atoms with Crippen molar-refractivity contribution in [3.05, 3.63) is 180 Å². The Hall–Kier alpha value is -6.12. The molecular formula is C46H34N2. The fourth-order valence-corrected chi connectivity index (χ4v) is 7.52. The number of para-hydroxylation sites is 3. The Balaban J connectivity index is 1.14. The molecule has 0 aliphatic rings. The van der Waals surface area contributed by atoms with E-state index in [9.17, 15) is 0 Å². The van der Waals surface area contributed by atoms with Crippen LogP contribution < -0.4 is 4.90 Å². The summed E-state index contributed by atoms with van der Waals surface area (Å²) in [5, 5.41) is 9.03. The van der Waals surface area contributed by atoms with Crippen LogP contribution in [0.15, 0.2) is 158 Å². The third-order valence-electron chi connectivity index (χ3n) is 9.95. The minimum absolute atomic E-state index is 1.12. The normalized spacial score (nSPS) is 11.9. The van der Waals surface area contributed by atoms with Gasteiger partial charge in [0.05, 0.1) is 11.2 Å². The van der Waals surface area contributed by atoms with Crippen molar-refractivity contribution in [1.82, 2.24) is 4.57 Å². The molecule has 0 unspecified atom stereocenters. The van der Waals surface area contributed by atoms with Crippen molar-refractivity contribution in [3.63, 3.8) is 0 Å². The van der Waals surface area contributed by atoms with Gasteiger partial charge in [-0.15, -0.1) is 0 Å². The zero-order valence-electron chi connectivity index (χ0n) is 27.1. The Morgan fingerprint density at radius 3 is 1.85 bits per heavy atom. The number of rotatable bonds is 6. The Bertz CT molecular complexity index is 2590. The van der Waals surface area contributed by atoms with Crippen LogP contribution in [0.5, 0.6) is 0 Å². The van der Waals surface area contributed by atoms with Gasteiger partial charge < -0.3 is 9.47 Å². The van der Waals surface area contributed by atoms with E-state index in [0.717, 1.165) is 16.9 Å². The summed E-state index contributed by atoms with van der Waals surface area (Å²) in [7, 11) is 0. The highest BCUT2D eigenvalue weighted by atomic mass is 15.1. The lowest BCUT2D eigenvalue weighted by atomic mass is 9.93. The monoisotopic (exact) mass is 614 g/mol. The summed E-state index contributed by atoms with van der Waals surface area (Å²) in [6.45, 7) is 4.44. The molecule has 0 bridgehead atoms. The van der Waals surface area contributed by atoms with Crippen LogP contribution in [0.4, 0.5) is 17.1 Å². The fraction of sp³-hybridized carbons (Fsp3) is 0.0435. The Morgan fingerprint density at radius 2 is 1.10 bits per heavy atom. The standard InChI is InChI=1S/C46H34N2/c1-31-32(2)47(38-14-5-3-6-15-38)46-37(13-10-18-41(31)46)22-19-33-20-27-40(28-21-33)48(39-16-7-4-8-17-39)43-30-26-36-24-23-34-11-9-12-35-25-29-42(43)45(36)44(34)35/h3-30H,1-2H3. The number of nitrogens with zero attached hydrogens (tertiary/aromatic N) is 2. The maximum Gasteiger partial charge on any atom is 0.0606 e. The molecule has 1 aromatic heterocycles. The van der Waals surface area contributed by atoms with Gasteiger partial charge in [0, 0.05) is 33.5 Å². The molecule has 0 amide bonds. The molecule has 0 saturated carbocycles. The Morgan fingerprint density at radius 1 is 0.479 bits per heavy atom. The summed E-state index contributed by atoms with van der Waals surface area (Å²) in [5.41, 5.74) is 10.8. The van der Waals surface area contributed by atoms with Gasteiger partial charge in [-0.25, -0.2) is 0 Å². The molecule has 1 heterocycles. The third kappa shape index (κ3) is 4.49. The van der Waals surface area contributed by atoms with Crippen molar-refractivity contribution in [2.75, 3.05) is 4.90 Å². The van der Waals surface area contributed by atoms with Gasteiger partial charge in [0.25, 0.3) is 0 Å². The van der Waals surface area contributed by atoms with Crippen molar-refractivity contribution in [2.24, 2.45) is 0 Å². The molecule has 0 N–H and O–H groups in total. The first kappa shape index (κ1) is 28.1. The van der Waals surface area contributed by atoms with Gasteiger partial charge >= 0.3 is 0 Å². The molecule has 228 valence electrons. The number of hydrogen-bond acceptors (Lipinski definition) is 1. The fourth-order valence-electron chi connectivity index (χ4n) is 7.52. The lowest BCUT2D eigenvalue weighted by Crippen LogP contribution is -2.10. The van der Waals surface area contributed by atoms with Crippen molar-refractivity contribution in [2.45, 2.75) is 13.8 Å². The van der Waals surface area contributed by atoms with Crippen LogP contribution in [0, 0.1) is 13.8 Å². The predicted octanol–water partition coefficient (Wildman–Crippen LogP) is 12.8. The summed E-state index contributed by atoms with van der Waals surface area (Å²) in [4.78, 5) is 2.39. The smallest absolute Gasteiger partial charge is 0.0606 e. The van der Waals surface area contributed by atoms with Gasteiger partial charge in [-0.1, -0.05) is 127 Å². The molecule has 0 spiro atoms. The van der Waals surface area contributed by atoms with Crippen molar-refractivity contribution < 1.29 is 0 Å². The molecule has 48 heavy (non-hydrogen) atoms. The molecule has 0 aliphatic carbocycles. The number of aryl methyl sites for hydroxylation is 1. The minimum atomic E-state index is 1.12. The van der Waals surface area contributed by atoms with Gasteiger partial charge in [0.1, 0.15) is 0 Å². The second-order valence-corrected chi connectivity index (χ2v) is 12.7. The first-order valence-electron chi connectivity index (χ1n) is 16.6. The summed E-state index contributed by atoms with van der Waals surface area (Å²) in [6, 6.07) is 57.1. The average molecular weight is 615 g/mol. The first-order valence-corrected chi connectivity index (χ1v) is 16.6. The van der Waals surface area contributed by atoms with Crippen LogP contribution in [-0.4, -0.2) is 4.57 Å². The number of hydrogen-bond donors (Lipinski definition) is 0. The van der Waals surface area contributed by atoms with E-state index >= 15 is 0 Å². The Labute approximate surface area is 280 Å². The topological polar surface area (TPSA) is 8.17 Å². The largest absolute Gasteiger partial charge is 0.313 e. The van der Waals surface area contributed by atoms with E-state index in [1.807, 2.05) is 0 Å². The van der Waals surface area contributed by atoms with Crippen LogP contribution in [0.1, 0.15) is 22.4 Å². The van der Waals surface area contributed by atoms with Crippen LogP contribution >= 0.6 is 0 Å². The maximum absolute atomic E-state index is 2.39. The van der Waals surface area contributed by atoms with Crippen LogP contribution in [-0.2, 0) is 0 Å². The van der Waals surface area contributed by atoms with Gasteiger partial charge in [0.2, 0.25) is 0 Å². The molecule has 9 aromatic rings. The van der Waals surface area contributed by atoms with Gasteiger partial charge in [-0.3, -0.25) is 0 Å². The molecule has 8 aromatic carbocycles. The van der Waals surface area contributed by atoms with Crippen molar-refractivity contribution in [3.8, 4) is 5.69 Å². The zero-order chi connectivity index (χ0) is 32.2. The quantitative estimate of drug-likeness (QED) is 0.134. The lowest BCUT2D eigenvalue weighted by molar-refractivity contribution is 1.04. The van der Waals surface area contributed by atoms with Crippen LogP contribution in [0.2, 0.25) is 0 Å². The van der Waals surface area contributed by atoms with E-state index in [4.69, 9.17) is 0 Å². The van der Waals surface area contributed by atoms with Crippen molar-refractivity contribution in [1.29, 1.82) is 0 Å². The Kier molecular flexibility index (Phi) is 6.62. The van der Waals surface area contributed by atoms with E-state index in [1.54, 1.807) is 0 Å². The summed E-state index contributed by atoms with van der Waals surface area (Å²) >= 11 is 0. The molecule has 2 nitrogen and oxygen atoms in total. The maximum atomic E-state index is 2.39. The molecule has 0 atom stereocenters. The third-order valence-corrected chi connectivity index (χ3v) is 9.95. The molecule has 0 fully saturated rings. The molecule has 2 heteroatoms. The highest BCUT2D eigenvalue weighted by molar-refractivity contribution is 6.25. The highest BCUT2D eigenvalue weighted by Gasteiger charge is 2.18. The molecule has 0 radical (unpaired) electrons. The summed E-state index contributed by atoms with van der Waals surface area (Å²) < 4.78 is 2.39. The predicted molar refractivity (Wildman–Crippen MR) is 207 cm³/mol. The van der Waals surface area contributed by atoms with Crippen LogP contribution in [0.25, 0.3) is 61.1 Å². The van der Waals surface area contributed by atoms with E-state index in [0.29, 0.717) is 0 Å². The van der Waals surface area contributed by atoms with Gasteiger partial charge in [0.15, 0.2) is 0 Å². The number of aromatic nitrogens is 1. The molecular weight excluding hydrogens is 581 g/mol. The lowest BCUT2D eigenvalue weighted by Gasteiger charge is -2.27. The average Bonchev–Trinajstić information content (AvgIpc) is 3.41. The summed E-state index contributed by atoms with van der Waals surface area (Å²) in [6.07, 6.45) is 4.49. The molecule has 0 aliphatic heterocycles. The van der Waals surface area contributed by atoms with E-state index in [-0.39, 0.29) is 0 Å². The number of benzene rings is 8. The van der Waals surface area contributed by atoms with E-state index < -0.39 is 0 Å². The van der Waals surface area contributed by atoms with Crippen LogP contribution in [0.3, 0.4) is 0 Å². The SMILES string of the molecule is Cc1c(C)n(-c2ccccc2)c2c(C=Cc3ccc(N(c4ccccc4)c4ccc5ccc6cccc7ccc4c5c67)cc3)cccc12. The highest BCUT2D eigenvalue weighted by Crippen LogP contribution is 2.43. The van der Waals surface area contributed by atoms with Crippen molar-refractivity contribution >= 4 is 72.4 Å². The number of fused-ring (bicyclic) bond motifs is 1. The second-order valence-electron chi connectivity index (χ2n) is 12.7. The van der Waals surface area contributed by atoms with E-state index in [1.165, 1.54) is 71.4 Å². The zero-order valence-corrected chi connectivity index (χ0v) is 27.1. The van der Waals surface area contributed by atoms with Gasteiger partial charge in [-0.05, 0) is 99.9 Å². The second kappa shape index (κ2) is 11.3. The first-order chi connectivity index (χ1) is 23.7. The molecule has 9 rings (SSSR count). The van der Waals surface area contributed by atoms with Gasteiger partial charge in [-0.2, -0.15) is 0 Å².